The third-order valence-corrected chi connectivity index (χ3v) is 4.68. The van der Waals surface area contributed by atoms with E-state index in [9.17, 15) is 9.00 Å². The third kappa shape index (κ3) is 4.35. The lowest BCUT2D eigenvalue weighted by molar-refractivity contribution is -0.120. The van der Waals surface area contributed by atoms with Crippen molar-refractivity contribution in [3.63, 3.8) is 0 Å². The van der Waals surface area contributed by atoms with E-state index in [0.29, 0.717) is 17.1 Å². The number of hydrogen-bond donors (Lipinski definition) is 2. The summed E-state index contributed by atoms with van der Waals surface area (Å²) in [4.78, 5) is 12.6. The summed E-state index contributed by atoms with van der Waals surface area (Å²) in [5, 5.41) is 2.25. The van der Waals surface area contributed by atoms with Crippen LogP contribution in [-0.4, -0.2) is 21.9 Å². The summed E-state index contributed by atoms with van der Waals surface area (Å²) in [6.45, 7) is 6.24. The molecule has 0 radical (unpaired) electrons. The maximum Gasteiger partial charge on any atom is 0.235 e. The lowest BCUT2D eigenvalue weighted by Gasteiger charge is -2.13. The molecule has 0 aliphatic rings. The van der Waals surface area contributed by atoms with Gasteiger partial charge >= 0.3 is 0 Å². The molecule has 0 spiro atoms. The zero-order valence-corrected chi connectivity index (χ0v) is 12.5. The minimum Gasteiger partial charge on any atom is -0.399 e. The Labute approximate surface area is 117 Å². The van der Waals surface area contributed by atoms with Crippen molar-refractivity contribution >= 4 is 22.4 Å². The van der Waals surface area contributed by atoms with Crippen molar-refractivity contribution in [2.45, 2.75) is 43.8 Å². The van der Waals surface area contributed by atoms with Crippen LogP contribution in [0.4, 0.5) is 5.69 Å². The number of carbonyl (C=O) groups is 1. The minimum atomic E-state index is -1.35. The molecule has 0 aliphatic heterocycles. The van der Waals surface area contributed by atoms with E-state index in [1.165, 1.54) is 0 Å². The van der Waals surface area contributed by atoms with Gasteiger partial charge in [-0.25, -0.2) is 0 Å². The molecule has 0 heterocycles. The molecule has 2 atom stereocenters. The van der Waals surface area contributed by atoms with Crippen LogP contribution in [0.2, 0.25) is 0 Å². The number of benzene rings is 1. The second kappa shape index (κ2) is 7.28. The highest BCUT2D eigenvalue weighted by Crippen LogP contribution is 2.19. The Kier molecular flexibility index (Phi) is 6.02. The summed E-state index contributed by atoms with van der Waals surface area (Å²) in [7, 11) is -1.35. The van der Waals surface area contributed by atoms with Crippen LogP contribution in [0.3, 0.4) is 0 Å². The molecule has 0 saturated heterocycles. The van der Waals surface area contributed by atoms with E-state index >= 15 is 0 Å². The lowest BCUT2D eigenvalue weighted by Crippen LogP contribution is -2.36. The largest absolute Gasteiger partial charge is 0.399 e. The number of carbonyl (C=O) groups excluding carboxylic acids is 1. The van der Waals surface area contributed by atoms with Crippen molar-refractivity contribution in [2.24, 2.45) is 0 Å². The Hall–Kier alpha value is -1.36. The van der Waals surface area contributed by atoms with Gasteiger partial charge in [-0.15, -0.1) is 0 Å². The van der Waals surface area contributed by atoms with Gasteiger partial charge in [0.05, 0.1) is 10.8 Å². The fraction of sp³-hybridized carbons (Fsp3) is 0.500. The van der Waals surface area contributed by atoms with Gasteiger partial charge in [0, 0.05) is 17.1 Å². The van der Waals surface area contributed by atoms with E-state index in [1.807, 2.05) is 6.92 Å². The Morgan fingerprint density at radius 1 is 1.47 bits per heavy atom. The zero-order chi connectivity index (χ0) is 14.4. The summed E-state index contributed by atoms with van der Waals surface area (Å²) in [5.41, 5.74) is 7.16. The van der Waals surface area contributed by atoms with Crippen LogP contribution >= 0.6 is 0 Å². The van der Waals surface area contributed by atoms with Gasteiger partial charge in [-0.3, -0.25) is 9.00 Å². The summed E-state index contributed by atoms with van der Waals surface area (Å²) in [5.74, 6) is -0.164. The number of amides is 1. The van der Waals surface area contributed by atoms with Crippen molar-refractivity contribution in [3.8, 4) is 0 Å². The van der Waals surface area contributed by atoms with Gasteiger partial charge in [0.25, 0.3) is 0 Å². The first-order valence-corrected chi connectivity index (χ1v) is 7.73. The molecule has 4 nitrogen and oxygen atoms in total. The highest BCUT2D eigenvalue weighted by molar-refractivity contribution is 7.86. The molecule has 0 bridgehead atoms. The number of hydrogen-bond acceptors (Lipinski definition) is 3. The first kappa shape index (κ1) is 15.7. The normalized spacial score (nSPS) is 13.8. The van der Waals surface area contributed by atoms with Crippen LogP contribution in [-0.2, 0) is 15.6 Å². The fourth-order valence-electron chi connectivity index (χ4n) is 1.72. The number of unbranched alkanes of at least 4 members (excludes halogenated alkanes) is 1. The van der Waals surface area contributed by atoms with E-state index in [1.54, 1.807) is 25.1 Å². The van der Waals surface area contributed by atoms with Crippen molar-refractivity contribution in [3.05, 3.63) is 23.8 Å². The molecule has 1 rings (SSSR count). The van der Waals surface area contributed by atoms with E-state index < -0.39 is 16.0 Å². The molecular formula is C14H22N2O2S. The molecule has 1 aromatic carbocycles. The molecule has 1 amide bonds. The Morgan fingerprint density at radius 3 is 2.74 bits per heavy atom. The van der Waals surface area contributed by atoms with Gasteiger partial charge < -0.3 is 11.1 Å². The van der Waals surface area contributed by atoms with Crippen LogP contribution in [0.15, 0.2) is 23.1 Å². The molecule has 0 aliphatic carbocycles. The second-order valence-electron chi connectivity index (χ2n) is 4.61. The van der Waals surface area contributed by atoms with E-state index in [2.05, 4.69) is 12.2 Å². The maximum absolute atomic E-state index is 12.4. The molecule has 0 fully saturated rings. The molecule has 19 heavy (non-hydrogen) atoms. The van der Waals surface area contributed by atoms with Gasteiger partial charge in [-0.1, -0.05) is 13.3 Å². The highest BCUT2D eigenvalue weighted by Gasteiger charge is 2.22. The smallest absolute Gasteiger partial charge is 0.235 e. The molecule has 1 aromatic rings. The van der Waals surface area contributed by atoms with Crippen LogP contribution in [0.5, 0.6) is 0 Å². The molecular weight excluding hydrogens is 260 g/mol. The Morgan fingerprint density at radius 2 is 2.16 bits per heavy atom. The van der Waals surface area contributed by atoms with E-state index in [0.717, 1.165) is 18.4 Å². The van der Waals surface area contributed by atoms with Crippen molar-refractivity contribution in [2.75, 3.05) is 12.3 Å². The molecule has 106 valence electrons. The van der Waals surface area contributed by atoms with Gasteiger partial charge in [0.1, 0.15) is 5.25 Å². The highest BCUT2D eigenvalue weighted by atomic mass is 32.2. The van der Waals surface area contributed by atoms with Gasteiger partial charge in [-0.05, 0) is 44.0 Å². The quantitative estimate of drug-likeness (QED) is 0.619. The fourth-order valence-corrected chi connectivity index (χ4v) is 2.96. The average Bonchev–Trinajstić information content (AvgIpc) is 2.37. The zero-order valence-electron chi connectivity index (χ0n) is 11.7. The number of rotatable bonds is 6. The van der Waals surface area contributed by atoms with Crippen LogP contribution in [0, 0.1) is 6.92 Å². The predicted octanol–water partition coefficient (Wildman–Crippen LogP) is 1.99. The summed E-state index contributed by atoms with van der Waals surface area (Å²) in [6.07, 6.45) is 1.96. The second-order valence-corrected chi connectivity index (χ2v) is 6.35. The summed E-state index contributed by atoms with van der Waals surface area (Å²) >= 11 is 0. The summed E-state index contributed by atoms with van der Waals surface area (Å²) < 4.78 is 12.4. The van der Waals surface area contributed by atoms with E-state index in [4.69, 9.17) is 5.73 Å². The predicted molar refractivity (Wildman–Crippen MR) is 79.4 cm³/mol. The van der Waals surface area contributed by atoms with Crippen LogP contribution < -0.4 is 11.1 Å². The standard InChI is InChI=1S/C14H22N2O2S/c1-4-5-8-16-14(17)11(3)19(18)13-7-6-12(15)9-10(13)2/h6-7,9,11H,4-5,8,15H2,1-3H3,(H,16,17). The van der Waals surface area contributed by atoms with Crippen molar-refractivity contribution < 1.29 is 9.00 Å². The van der Waals surface area contributed by atoms with Crippen molar-refractivity contribution in [1.82, 2.24) is 5.32 Å². The maximum atomic E-state index is 12.4. The third-order valence-electron chi connectivity index (χ3n) is 2.94. The first-order chi connectivity index (χ1) is 8.97. The van der Waals surface area contributed by atoms with Gasteiger partial charge in [-0.2, -0.15) is 0 Å². The van der Waals surface area contributed by atoms with Crippen molar-refractivity contribution in [1.29, 1.82) is 0 Å². The van der Waals surface area contributed by atoms with Crippen LogP contribution in [0.25, 0.3) is 0 Å². The monoisotopic (exact) mass is 282 g/mol. The number of anilines is 1. The first-order valence-electron chi connectivity index (χ1n) is 6.51. The number of aryl methyl sites for hydroxylation is 1. The SMILES string of the molecule is CCCCNC(=O)C(C)S(=O)c1ccc(N)cc1C. The van der Waals surface area contributed by atoms with E-state index in [-0.39, 0.29) is 5.91 Å². The lowest BCUT2D eigenvalue weighted by atomic mass is 10.2. The van der Waals surface area contributed by atoms with Gasteiger partial charge in [0.2, 0.25) is 5.91 Å². The molecule has 2 unspecified atom stereocenters. The molecule has 0 aromatic heterocycles. The topological polar surface area (TPSA) is 72.2 Å². The Bertz CT molecular complexity index is 475. The van der Waals surface area contributed by atoms with Crippen LogP contribution in [0.1, 0.15) is 32.3 Å². The van der Waals surface area contributed by atoms with Gasteiger partial charge in [0.15, 0.2) is 0 Å². The Balaban J connectivity index is 2.73. The minimum absolute atomic E-state index is 0.164. The molecule has 5 heteroatoms. The molecule has 3 N–H and O–H groups in total. The number of nitrogen functional groups attached to an aromatic ring is 1. The summed E-state index contributed by atoms with van der Waals surface area (Å²) in [6, 6.07) is 5.22. The molecule has 0 saturated carbocycles. The number of nitrogens with one attached hydrogen (secondary N) is 1. The number of nitrogens with two attached hydrogens (primary N) is 1. The average molecular weight is 282 g/mol.